The van der Waals surface area contributed by atoms with Crippen LogP contribution >= 0.6 is 20.5 Å². The minimum atomic E-state index is -2.27. The Bertz CT molecular complexity index is 447. The molecule has 16 heavy (non-hydrogen) atoms. The third-order valence-corrected chi connectivity index (χ3v) is 7.29. The van der Waals surface area contributed by atoms with Crippen LogP contribution in [-0.4, -0.2) is 21.5 Å². The first-order valence-corrected chi connectivity index (χ1v) is 7.87. The summed E-state index contributed by atoms with van der Waals surface area (Å²) in [4.78, 5) is 23.1. The summed E-state index contributed by atoms with van der Waals surface area (Å²) in [6.45, 7) is 3.88. The molecule has 1 amide bonds. The topological polar surface area (TPSA) is 46.6 Å². The Balaban J connectivity index is 2.42. The second-order valence-corrected chi connectivity index (χ2v) is 7.35. The van der Waals surface area contributed by atoms with Crippen molar-refractivity contribution < 1.29 is 12.7 Å². The summed E-state index contributed by atoms with van der Waals surface area (Å²) in [7, 11) is 0. The number of rotatable bonds is 2. The fourth-order valence-electron chi connectivity index (χ4n) is 1.52. The van der Waals surface area contributed by atoms with E-state index in [9.17, 15) is 9.59 Å². The fraction of sp³-hybridized carbons (Fsp3) is 0.273. The van der Waals surface area contributed by atoms with Crippen LogP contribution < -0.4 is 0 Å². The van der Waals surface area contributed by atoms with E-state index in [0.717, 1.165) is 3.57 Å². The summed E-state index contributed by atoms with van der Waals surface area (Å²) >= 11 is -2.27. The number of carbonyl (C=O) groups is 2. The molecule has 0 aliphatic carbocycles. The number of amides is 1. The number of hydrogen-bond donors (Lipinski definition) is 0. The van der Waals surface area contributed by atoms with Gasteiger partial charge >= 0.3 is 102 Å². The van der Waals surface area contributed by atoms with Gasteiger partial charge in [-0.1, -0.05) is 0 Å². The molecule has 1 aliphatic rings. The average molecular weight is 333 g/mol. The van der Waals surface area contributed by atoms with Gasteiger partial charge in [-0.3, -0.25) is 0 Å². The summed E-state index contributed by atoms with van der Waals surface area (Å²) in [6.07, 6.45) is 0. The third kappa shape index (κ3) is 1.79. The van der Waals surface area contributed by atoms with Crippen LogP contribution in [-0.2, 0) is 7.86 Å². The van der Waals surface area contributed by atoms with Crippen LogP contribution in [0.1, 0.15) is 24.2 Å². The molecule has 0 atom stereocenters. The van der Waals surface area contributed by atoms with Gasteiger partial charge in [0.1, 0.15) is 0 Å². The van der Waals surface area contributed by atoms with Gasteiger partial charge in [-0.05, 0) is 0 Å². The molecule has 86 valence electrons. The normalized spacial score (nSPS) is 16.2. The summed E-state index contributed by atoms with van der Waals surface area (Å²) < 4.78 is 7.96. The SMILES string of the molecule is CCN1C(=O)c2ccccc2I1OC(C)=O. The number of hydrogen-bond acceptors (Lipinski definition) is 3. The molecule has 2 rings (SSSR count). The van der Waals surface area contributed by atoms with E-state index in [0.29, 0.717) is 12.1 Å². The molecule has 5 heteroatoms. The van der Waals surface area contributed by atoms with E-state index in [2.05, 4.69) is 0 Å². The molecule has 0 spiro atoms. The van der Waals surface area contributed by atoms with Crippen molar-refractivity contribution in [2.45, 2.75) is 13.8 Å². The minimum absolute atomic E-state index is 0.00968. The first-order valence-electron chi connectivity index (χ1n) is 4.95. The van der Waals surface area contributed by atoms with Crippen molar-refractivity contribution in [2.75, 3.05) is 6.54 Å². The van der Waals surface area contributed by atoms with Gasteiger partial charge < -0.3 is 0 Å². The van der Waals surface area contributed by atoms with Gasteiger partial charge in [0.2, 0.25) is 0 Å². The molecule has 0 bridgehead atoms. The number of fused-ring (bicyclic) bond motifs is 1. The van der Waals surface area contributed by atoms with Crippen molar-refractivity contribution in [1.29, 1.82) is 0 Å². The Kier molecular flexibility index (Phi) is 3.13. The molecule has 1 heterocycles. The van der Waals surface area contributed by atoms with Gasteiger partial charge in [-0.15, -0.1) is 0 Å². The van der Waals surface area contributed by atoms with E-state index < -0.39 is 20.5 Å². The second kappa shape index (κ2) is 4.40. The molecule has 0 radical (unpaired) electrons. The first-order chi connectivity index (χ1) is 7.65. The van der Waals surface area contributed by atoms with Crippen LogP contribution in [0.25, 0.3) is 0 Å². The van der Waals surface area contributed by atoms with Gasteiger partial charge in [0, 0.05) is 0 Å². The molecular weight excluding hydrogens is 321 g/mol. The monoisotopic (exact) mass is 333 g/mol. The van der Waals surface area contributed by atoms with Gasteiger partial charge in [0.05, 0.1) is 0 Å². The van der Waals surface area contributed by atoms with E-state index in [1.165, 1.54) is 6.92 Å². The van der Waals surface area contributed by atoms with E-state index >= 15 is 0 Å². The zero-order valence-corrected chi connectivity index (χ0v) is 11.2. The molecule has 4 nitrogen and oxygen atoms in total. The molecule has 0 saturated carbocycles. The molecular formula is C11H12INO3. The zero-order valence-electron chi connectivity index (χ0n) is 9.07. The molecule has 0 fully saturated rings. The summed E-state index contributed by atoms with van der Waals surface area (Å²) in [6, 6.07) is 7.38. The summed E-state index contributed by atoms with van der Waals surface area (Å²) in [5, 5.41) is 0. The molecule has 1 aliphatic heterocycles. The van der Waals surface area contributed by atoms with E-state index in [-0.39, 0.29) is 11.9 Å². The first kappa shape index (κ1) is 11.4. The van der Waals surface area contributed by atoms with Crippen molar-refractivity contribution >= 4 is 32.4 Å². The molecule has 1 aromatic carbocycles. The number of nitrogens with zero attached hydrogens (tertiary/aromatic N) is 1. The van der Waals surface area contributed by atoms with E-state index in [1.807, 2.05) is 25.1 Å². The molecule has 0 N–H and O–H groups in total. The Morgan fingerprint density at radius 3 is 2.75 bits per heavy atom. The van der Waals surface area contributed by atoms with Crippen molar-refractivity contribution in [1.82, 2.24) is 3.11 Å². The average Bonchev–Trinajstić information content (AvgIpc) is 2.52. The van der Waals surface area contributed by atoms with Crippen molar-refractivity contribution in [3.8, 4) is 0 Å². The van der Waals surface area contributed by atoms with Crippen LogP contribution in [0.15, 0.2) is 24.3 Å². The second-order valence-electron chi connectivity index (χ2n) is 3.26. The molecule has 1 aromatic rings. The van der Waals surface area contributed by atoms with Crippen LogP contribution in [0.3, 0.4) is 0 Å². The maximum atomic E-state index is 12.0. The predicted octanol–water partition coefficient (Wildman–Crippen LogP) is 2.23. The van der Waals surface area contributed by atoms with Crippen molar-refractivity contribution in [2.24, 2.45) is 0 Å². The van der Waals surface area contributed by atoms with Gasteiger partial charge in [0.25, 0.3) is 0 Å². The summed E-state index contributed by atoms with van der Waals surface area (Å²) in [5.41, 5.74) is 0.691. The van der Waals surface area contributed by atoms with Gasteiger partial charge in [0.15, 0.2) is 0 Å². The van der Waals surface area contributed by atoms with Crippen LogP contribution in [0.2, 0.25) is 0 Å². The molecule has 0 saturated heterocycles. The van der Waals surface area contributed by atoms with E-state index in [4.69, 9.17) is 3.07 Å². The van der Waals surface area contributed by atoms with Crippen molar-refractivity contribution in [3.05, 3.63) is 33.4 Å². The third-order valence-electron chi connectivity index (χ3n) is 2.14. The van der Waals surface area contributed by atoms with Gasteiger partial charge in [-0.25, -0.2) is 0 Å². The molecule has 0 unspecified atom stereocenters. The van der Waals surface area contributed by atoms with E-state index in [1.54, 1.807) is 9.18 Å². The summed E-state index contributed by atoms with van der Waals surface area (Å²) in [5.74, 6) is -0.322. The standard InChI is InChI=1S/C11H12INO3/c1-3-13-11(15)9-6-4-5-7-10(9)12(13)16-8(2)14/h4-7H,3H2,1-2H3. The quantitative estimate of drug-likeness (QED) is 0.616. The Morgan fingerprint density at radius 2 is 2.12 bits per heavy atom. The predicted molar refractivity (Wildman–Crippen MR) is 67.6 cm³/mol. The zero-order chi connectivity index (χ0) is 11.7. The number of carbonyl (C=O) groups excluding carboxylic acids is 2. The Morgan fingerprint density at radius 1 is 1.44 bits per heavy atom. The Labute approximate surface area is 102 Å². The van der Waals surface area contributed by atoms with Crippen LogP contribution in [0.5, 0.6) is 0 Å². The Hall–Kier alpha value is -1.11. The number of benzene rings is 1. The maximum absolute atomic E-state index is 12.0. The molecule has 0 aromatic heterocycles. The van der Waals surface area contributed by atoms with Gasteiger partial charge in [-0.2, -0.15) is 0 Å². The van der Waals surface area contributed by atoms with Crippen LogP contribution in [0, 0.1) is 3.57 Å². The fourth-order valence-corrected chi connectivity index (χ4v) is 5.91. The van der Waals surface area contributed by atoms with Crippen molar-refractivity contribution in [3.63, 3.8) is 0 Å². The number of halogens is 1. The van der Waals surface area contributed by atoms with Crippen LogP contribution in [0.4, 0.5) is 0 Å².